The van der Waals surface area contributed by atoms with Gasteiger partial charge in [-0.3, -0.25) is 0 Å². The second-order valence-corrected chi connectivity index (χ2v) is 3.84. The first-order valence-electron chi connectivity index (χ1n) is 5.34. The van der Waals surface area contributed by atoms with Crippen LogP contribution in [0.25, 0.3) is 22.6 Å². The second kappa shape index (κ2) is 3.66. The lowest BCUT2D eigenvalue weighted by Gasteiger charge is -1.98. The van der Waals surface area contributed by atoms with E-state index in [4.69, 9.17) is 9.15 Å². The van der Waals surface area contributed by atoms with E-state index < -0.39 is 0 Å². The molecule has 0 fully saturated rings. The molecule has 0 saturated carbocycles. The van der Waals surface area contributed by atoms with E-state index in [2.05, 4.69) is 4.98 Å². The summed E-state index contributed by atoms with van der Waals surface area (Å²) < 4.78 is 13.0. The number of furan rings is 1. The van der Waals surface area contributed by atoms with Gasteiger partial charge in [0.1, 0.15) is 11.3 Å². The maximum atomic E-state index is 5.77. The Kier molecular flexibility index (Phi) is 2.14. The van der Waals surface area contributed by atoms with Crippen LogP contribution < -0.4 is 4.74 Å². The lowest BCUT2D eigenvalue weighted by atomic mass is 10.2. The summed E-state index contributed by atoms with van der Waals surface area (Å²) in [6.07, 6.45) is 3.64. The van der Waals surface area contributed by atoms with Crippen LogP contribution in [-0.4, -0.2) is 16.7 Å². The van der Waals surface area contributed by atoms with Crippen LogP contribution in [0.1, 0.15) is 0 Å². The molecule has 3 aromatic rings. The largest absolute Gasteiger partial charge is 0.496 e. The van der Waals surface area contributed by atoms with Crippen molar-refractivity contribution >= 4 is 11.0 Å². The molecule has 0 aliphatic carbocycles. The molecular formula is C13H12N2O2. The van der Waals surface area contributed by atoms with Crippen LogP contribution in [0.3, 0.4) is 0 Å². The minimum Gasteiger partial charge on any atom is -0.496 e. The molecule has 0 radical (unpaired) electrons. The average Bonchev–Trinajstić information content (AvgIpc) is 2.93. The molecule has 0 spiro atoms. The third kappa shape index (κ3) is 1.49. The van der Waals surface area contributed by atoms with Crippen molar-refractivity contribution in [2.45, 2.75) is 0 Å². The highest BCUT2D eigenvalue weighted by Gasteiger charge is 2.12. The summed E-state index contributed by atoms with van der Waals surface area (Å²) in [4.78, 5) is 4.27. The highest BCUT2D eigenvalue weighted by atomic mass is 16.5. The van der Waals surface area contributed by atoms with E-state index in [0.717, 1.165) is 28.3 Å². The Morgan fingerprint density at radius 3 is 2.94 bits per heavy atom. The summed E-state index contributed by atoms with van der Waals surface area (Å²) in [5, 5.41) is 0.966. The van der Waals surface area contributed by atoms with Crippen LogP contribution in [0.2, 0.25) is 0 Å². The normalized spacial score (nSPS) is 10.9. The molecule has 4 nitrogen and oxygen atoms in total. The molecule has 0 N–H and O–H groups in total. The number of methoxy groups -OCH3 is 1. The first-order chi connectivity index (χ1) is 8.29. The van der Waals surface area contributed by atoms with E-state index in [-0.39, 0.29) is 0 Å². The SMILES string of the molecule is COc1cccc2oc(-c3nccn3C)cc12. The molecule has 2 heterocycles. The fraction of sp³-hybridized carbons (Fsp3) is 0.154. The fourth-order valence-electron chi connectivity index (χ4n) is 1.93. The van der Waals surface area contributed by atoms with E-state index in [9.17, 15) is 0 Å². The minimum atomic E-state index is 0.747. The molecular weight excluding hydrogens is 216 g/mol. The van der Waals surface area contributed by atoms with Crippen molar-refractivity contribution in [1.29, 1.82) is 0 Å². The van der Waals surface area contributed by atoms with Gasteiger partial charge in [-0.15, -0.1) is 0 Å². The highest BCUT2D eigenvalue weighted by Crippen LogP contribution is 2.32. The first-order valence-corrected chi connectivity index (χ1v) is 5.34. The zero-order valence-corrected chi connectivity index (χ0v) is 9.68. The number of hydrogen-bond acceptors (Lipinski definition) is 3. The topological polar surface area (TPSA) is 40.2 Å². The number of aromatic nitrogens is 2. The standard InChI is InChI=1S/C13H12N2O2/c1-15-7-6-14-13(15)12-8-9-10(16-2)4-3-5-11(9)17-12/h3-8H,1-2H3. The van der Waals surface area contributed by atoms with Crippen molar-refractivity contribution < 1.29 is 9.15 Å². The third-order valence-corrected chi connectivity index (χ3v) is 2.78. The van der Waals surface area contributed by atoms with Gasteiger partial charge in [-0.1, -0.05) is 6.07 Å². The molecule has 3 rings (SSSR count). The summed E-state index contributed by atoms with van der Waals surface area (Å²) in [7, 11) is 3.59. The van der Waals surface area contributed by atoms with Crippen molar-refractivity contribution in [2.24, 2.45) is 7.05 Å². The Bertz CT molecular complexity index is 667. The molecule has 0 aliphatic rings. The lowest BCUT2D eigenvalue weighted by molar-refractivity contribution is 0.419. The molecule has 2 aromatic heterocycles. The number of aryl methyl sites for hydroxylation is 1. The molecule has 0 aliphatic heterocycles. The molecule has 0 bridgehead atoms. The fourth-order valence-corrected chi connectivity index (χ4v) is 1.93. The van der Waals surface area contributed by atoms with E-state index in [1.54, 1.807) is 13.3 Å². The van der Waals surface area contributed by atoms with Gasteiger partial charge in [0.25, 0.3) is 0 Å². The maximum Gasteiger partial charge on any atom is 0.175 e. The van der Waals surface area contributed by atoms with Gasteiger partial charge in [-0.05, 0) is 18.2 Å². The van der Waals surface area contributed by atoms with Gasteiger partial charge in [0.2, 0.25) is 0 Å². The number of imidazole rings is 1. The number of benzene rings is 1. The van der Waals surface area contributed by atoms with E-state index in [1.165, 1.54) is 0 Å². The van der Waals surface area contributed by atoms with E-state index in [0.29, 0.717) is 0 Å². The number of ether oxygens (including phenoxy) is 1. The number of nitrogens with zero attached hydrogens (tertiary/aromatic N) is 2. The predicted octanol–water partition coefficient (Wildman–Crippen LogP) is 2.84. The Hall–Kier alpha value is -2.23. The quantitative estimate of drug-likeness (QED) is 0.677. The Morgan fingerprint density at radius 2 is 2.24 bits per heavy atom. The minimum absolute atomic E-state index is 0.747. The Balaban J connectivity index is 2.24. The molecule has 1 aromatic carbocycles. The summed E-state index contributed by atoms with van der Waals surface area (Å²) in [6.45, 7) is 0. The maximum absolute atomic E-state index is 5.77. The van der Waals surface area contributed by atoms with Crippen LogP contribution in [0.4, 0.5) is 0 Å². The van der Waals surface area contributed by atoms with Gasteiger partial charge >= 0.3 is 0 Å². The molecule has 0 amide bonds. The zero-order valence-electron chi connectivity index (χ0n) is 9.68. The summed E-state index contributed by atoms with van der Waals surface area (Å²) in [5.41, 5.74) is 0.808. The summed E-state index contributed by atoms with van der Waals surface area (Å²) >= 11 is 0. The molecule has 4 heteroatoms. The Labute approximate surface area is 98.4 Å². The van der Waals surface area contributed by atoms with Gasteiger partial charge in [-0.2, -0.15) is 0 Å². The predicted molar refractivity (Wildman–Crippen MR) is 65.0 cm³/mol. The van der Waals surface area contributed by atoms with Crippen molar-refractivity contribution in [3.63, 3.8) is 0 Å². The summed E-state index contributed by atoms with van der Waals surface area (Å²) in [6, 6.07) is 7.70. The monoisotopic (exact) mass is 228 g/mol. The summed E-state index contributed by atoms with van der Waals surface area (Å²) in [5.74, 6) is 2.37. The molecule has 0 saturated heterocycles. The smallest absolute Gasteiger partial charge is 0.175 e. The molecule has 0 unspecified atom stereocenters. The zero-order chi connectivity index (χ0) is 11.8. The molecule has 86 valence electrons. The van der Waals surface area contributed by atoms with Gasteiger partial charge in [0.05, 0.1) is 12.5 Å². The van der Waals surface area contributed by atoms with Crippen LogP contribution in [0, 0.1) is 0 Å². The van der Waals surface area contributed by atoms with Crippen molar-refractivity contribution in [1.82, 2.24) is 9.55 Å². The number of hydrogen-bond donors (Lipinski definition) is 0. The third-order valence-electron chi connectivity index (χ3n) is 2.78. The van der Waals surface area contributed by atoms with E-state index in [1.807, 2.05) is 42.1 Å². The van der Waals surface area contributed by atoms with Crippen molar-refractivity contribution in [2.75, 3.05) is 7.11 Å². The number of rotatable bonds is 2. The average molecular weight is 228 g/mol. The Morgan fingerprint density at radius 1 is 1.35 bits per heavy atom. The van der Waals surface area contributed by atoms with Crippen LogP contribution >= 0.6 is 0 Å². The lowest BCUT2D eigenvalue weighted by Crippen LogP contribution is -1.88. The highest BCUT2D eigenvalue weighted by molar-refractivity contribution is 5.87. The van der Waals surface area contributed by atoms with Gasteiger partial charge in [0.15, 0.2) is 11.6 Å². The van der Waals surface area contributed by atoms with Crippen LogP contribution in [0.5, 0.6) is 5.75 Å². The first kappa shape index (κ1) is 9.96. The van der Waals surface area contributed by atoms with Crippen LogP contribution in [0.15, 0.2) is 41.1 Å². The van der Waals surface area contributed by atoms with Gasteiger partial charge < -0.3 is 13.7 Å². The van der Waals surface area contributed by atoms with Gasteiger partial charge in [0, 0.05) is 19.4 Å². The second-order valence-electron chi connectivity index (χ2n) is 3.84. The van der Waals surface area contributed by atoms with Gasteiger partial charge in [-0.25, -0.2) is 4.98 Å². The number of fused-ring (bicyclic) bond motifs is 1. The van der Waals surface area contributed by atoms with Crippen molar-refractivity contribution in [3.8, 4) is 17.3 Å². The van der Waals surface area contributed by atoms with Crippen molar-refractivity contribution in [3.05, 3.63) is 36.7 Å². The molecule has 17 heavy (non-hydrogen) atoms. The van der Waals surface area contributed by atoms with E-state index >= 15 is 0 Å². The molecule has 0 atom stereocenters. The van der Waals surface area contributed by atoms with Crippen LogP contribution in [-0.2, 0) is 7.05 Å².